The Morgan fingerprint density at radius 3 is 2.52 bits per heavy atom. The molecule has 0 spiro atoms. The van der Waals surface area contributed by atoms with Gasteiger partial charge in [-0.25, -0.2) is 0 Å². The number of nitro groups is 1. The monoisotopic (exact) mass is 358 g/mol. The number of aromatic nitrogens is 2. The quantitative estimate of drug-likeness (QED) is 0.633. The average Bonchev–Trinajstić information content (AvgIpc) is 2.79. The molecular formula is C14H16Cl2N4O3. The number of nitrogens with zero attached hydrogens (tertiary/aromatic N) is 4. The van der Waals surface area contributed by atoms with E-state index in [0.717, 1.165) is 5.69 Å². The summed E-state index contributed by atoms with van der Waals surface area (Å²) in [5, 5.41) is 21.9. The van der Waals surface area contributed by atoms with Crippen molar-refractivity contribution in [3.8, 4) is 0 Å². The van der Waals surface area contributed by atoms with Crippen molar-refractivity contribution in [3.05, 3.63) is 50.9 Å². The predicted octanol–water partition coefficient (Wildman–Crippen LogP) is 2.99. The van der Waals surface area contributed by atoms with E-state index in [1.54, 1.807) is 19.1 Å². The standard InChI is InChI=1S/C14H16Cl2N4O3/c1-14(21,8-18(2)11-5-3-10(15)4-6-11)9-19-7-12(20(22)23)17-13(19)16/h3-7,21H,8-9H2,1-2H3. The van der Waals surface area contributed by atoms with E-state index >= 15 is 0 Å². The molecule has 1 atom stereocenters. The molecule has 1 N–H and O–H groups in total. The second-order valence-electron chi connectivity index (χ2n) is 5.58. The minimum absolute atomic E-state index is 0.0360. The molecule has 0 aliphatic rings. The maximum Gasteiger partial charge on any atom is 0.383 e. The maximum absolute atomic E-state index is 10.7. The third-order valence-electron chi connectivity index (χ3n) is 3.26. The number of hydrogen-bond acceptors (Lipinski definition) is 5. The fraction of sp³-hybridized carbons (Fsp3) is 0.357. The van der Waals surface area contributed by atoms with Crippen molar-refractivity contribution in [2.24, 2.45) is 0 Å². The lowest BCUT2D eigenvalue weighted by atomic mass is 10.1. The van der Waals surface area contributed by atoms with Gasteiger partial charge in [-0.15, -0.1) is 0 Å². The number of halogens is 2. The third-order valence-corrected chi connectivity index (χ3v) is 3.81. The lowest BCUT2D eigenvalue weighted by molar-refractivity contribution is -0.389. The van der Waals surface area contributed by atoms with Crippen LogP contribution in [0.4, 0.5) is 11.5 Å². The fourth-order valence-electron chi connectivity index (χ4n) is 2.29. The van der Waals surface area contributed by atoms with Crippen LogP contribution in [-0.4, -0.2) is 38.8 Å². The van der Waals surface area contributed by atoms with Crippen molar-refractivity contribution < 1.29 is 10.0 Å². The number of rotatable bonds is 6. The normalized spacial score (nSPS) is 13.6. The smallest absolute Gasteiger partial charge is 0.383 e. The Balaban J connectivity index is 2.09. The Morgan fingerprint density at radius 2 is 2.00 bits per heavy atom. The Bertz CT molecular complexity index is 701. The van der Waals surface area contributed by atoms with Crippen molar-refractivity contribution in [3.63, 3.8) is 0 Å². The summed E-state index contributed by atoms with van der Waals surface area (Å²) in [7, 11) is 1.83. The highest BCUT2D eigenvalue weighted by molar-refractivity contribution is 6.30. The van der Waals surface area contributed by atoms with E-state index in [2.05, 4.69) is 4.98 Å². The van der Waals surface area contributed by atoms with Gasteiger partial charge < -0.3 is 20.1 Å². The van der Waals surface area contributed by atoms with E-state index in [4.69, 9.17) is 23.2 Å². The van der Waals surface area contributed by atoms with Gasteiger partial charge in [0, 0.05) is 24.3 Å². The van der Waals surface area contributed by atoms with Gasteiger partial charge in [0.1, 0.15) is 6.20 Å². The van der Waals surface area contributed by atoms with E-state index in [9.17, 15) is 15.2 Å². The van der Waals surface area contributed by atoms with Crippen LogP contribution in [0.5, 0.6) is 0 Å². The first kappa shape index (κ1) is 17.5. The van der Waals surface area contributed by atoms with Gasteiger partial charge in [0.15, 0.2) is 0 Å². The second-order valence-corrected chi connectivity index (χ2v) is 6.36. The Hall–Kier alpha value is -1.83. The van der Waals surface area contributed by atoms with E-state index < -0.39 is 10.5 Å². The first-order valence-electron chi connectivity index (χ1n) is 6.74. The molecular weight excluding hydrogens is 343 g/mol. The molecule has 0 aliphatic carbocycles. The lowest BCUT2D eigenvalue weighted by Gasteiger charge is -2.30. The number of benzene rings is 1. The molecule has 0 bridgehead atoms. The van der Waals surface area contributed by atoms with Crippen molar-refractivity contribution >= 4 is 34.7 Å². The van der Waals surface area contributed by atoms with Crippen LogP contribution in [0.3, 0.4) is 0 Å². The summed E-state index contributed by atoms with van der Waals surface area (Å²) in [6.07, 6.45) is 1.21. The Kier molecular flexibility index (Phi) is 5.13. The van der Waals surface area contributed by atoms with Crippen LogP contribution in [0.25, 0.3) is 0 Å². The number of imidazole rings is 1. The van der Waals surface area contributed by atoms with Gasteiger partial charge in [-0.1, -0.05) is 11.6 Å². The average molecular weight is 359 g/mol. The third kappa shape index (κ3) is 4.57. The molecule has 1 aromatic carbocycles. The van der Waals surface area contributed by atoms with Gasteiger partial charge in [-0.05, 0) is 52.7 Å². The highest BCUT2D eigenvalue weighted by Crippen LogP contribution is 2.22. The molecule has 9 heteroatoms. The minimum atomic E-state index is -1.17. The molecule has 0 saturated heterocycles. The maximum atomic E-state index is 10.7. The molecule has 23 heavy (non-hydrogen) atoms. The van der Waals surface area contributed by atoms with Gasteiger partial charge in [0.2, 0.25) is 0 Å². The van der Waals surface area contributed by atoms with Crippen molar-refractivity contribution in [1.82, 2.24) is 9.55 Å². The molecule has 0 fully saturated rings. The predicted molar refractivity (Wildman–Crippen MR) is 89.2 cm³/mol. The largest absolute Gasteiger partial charge is 0.386 e. The van der Waals surface area contributed by atoms with Crippen LogP contribution in [0.1, 0.15) is 6.92 Å². The van der Waals surface area contributed by atoms with Gasteiger partial charge in [-0.3, -0.25) is 4.57 Å². The fourth-order valence-corrected chi connectivity index (χ4v) is 2.62. The Labute approximate surface area is 143 Å². The number of aliphatic hydroxyl groups is 1. The number of hydrogen-bond donors (Lipinski definition) is 1. The van der Waals surface area contributed by atoms with E-state index in [1.165, 1.54) is 10.8 Å². The summed E-state index contributed by atoms with van der Waals surface area (Å²) in [5.41, 5.74) is -0.288. The summed E-state index contributed by atoms with van der Waals surface area (Å²) in [6.45, 7) is 1.99. The van der Waals surface area contributed by atoms with Crippen LogP contribution >= 0.6 is 23.2 Å². The zero-order chi connectivity index (χ0) is 17.2. The Morgan fingerprint density at radius 1 is 1.39 bits per heavy atom. The molecule has 2 rings (SSSR count). The lowest BCUT2D eigenvalue weighted by Crippen LogP contribution is -2.42. The van der Waals surface area contributed by atoms with Gasteiger partial charge in [0.05, 0.1) is 12.1 Å². The summed E-state index contributed by atoms with van der Waals surface area (Å²) < 4.78 is 1.36. The van der Waals surface area contributed by atoms with Crippen molar-refractivity contribution in [2.45, 2.75) is 19.1 Å². The molecule has 7 nitrogen and oxygen atoms in total. The highest BCUT2D eigenvalue weighted by atomic mass is 35.5. The first-order valence-corrected chi connectivity index (χ1v) is 7.50. The molecule has 0 aliphatic heterocycles. The van der Waals surface area contributed by atoms with Crippen LogP contribution in [-0.2, 0) is 6.54 Å². The first-order chi connectivity index (χ1) is 10.7. The van der Waals surface area contributed by atoms with E-state index in [-0.39, 0.29) is 24.2 Å². The molecule has 2 aromatic rings. The SMILES string of the molecule is CN(CC(C)(O)Cn1cc([N+](=O)[O-])nc1Cl)c1ccc(Cl)cc1. The topological polar surface area (TPSA) is 84.4 Å². The highest BCUT2D eigenvalue weighted by Gasteiger charge is 2.27. The molecule has 124 valence electrons. The number of anilines is 1. The summed E-state index contributed by atoms with van der Waals surface area (Å²) in [5.74, 6) is -0.350. The van der Waals surface area contributed by atoms with E-state index in [0.29, 0.717) is 5.02 Å². The van der Waals surface area contributed by atoms with Gasteiger partial charge in [0.25, 0.3) is 0 Å². The van der Waals surface area contributed by atoms with E-state index in [1.807, 2.05) is 24.1 Å². The van der Waals surface area contributed by atoms with Crippen LogP contribution in [0, 0.1) is 10.1 Å². The van der Waals surface area contributed by atoms with Crippen LogP contribution in [0.2, 0.25) is 10.3 Å². The molecule has 1 aromatic heterocycles. The summed E-state index contributed by atoms with van der Waals surface area (Å²) >= 11 is 11.7. The summed E-state index contributed by atoms with van der Waals surface area (Å²) in [6, 6.07) is 7.21. The molecule has 1 heterocycles. The molecule has 0 saturated carbocycles. The van der Waals surface area contributed by atoms with Crippen molar-refractivity contribution in [1.29, 1.82) is 0 Å². The molecule has 0 radical (unpaired) electrons. The summed E-state index contributed by atoms with van der Waals surface area (Å²) in [4.78, 5) is 15.6. The molecule has 0 amide bonds. The van der Waals surface area contributed by atoms with Crippen LogP contribution < -0.4 is 4.90 Å². The van der Waals surface area contributed by atoms with Crippen LogP contribution in [0.15, 0.2) is 30.5 Å². The van der Waals surface area contributed by atoms with Crippen molar-refractivity contribution in [2.75, 3.05) is 18.5 Å². The zero-order valence-corrected chi connectivity index (χ0v) is 14.1. The van der Waals surface area contributed by atoms with Gasteiger partial charge in [-0.2, -0.15) is 0 Å². The minimum Gasteiger partial charge on any atom is -0.386 e. The van der Waals surface area contributed by atoms with Gasteiger partial charge >= 0.3 is 11.1 Å². The molecule has 1 unspecified atom stereocenters. The number of likely N-dealkylation sites (N-methyl/N-ethyl adjacent to an activating group) is 1. The second kappa shape index (κ2) is 6.74. The zero-order valence-electron chi connectivity index (χ0n) is 12.6.